The number of nitrogens with one attached hydrogen (secondary N) is 1. The molecule has 4 heteroatoms. The van der Waals surface area contributed by atoms with Gasteiger partial charge in [-0.2, -0.15) is 0 Å². The molecule has 0 aliphatic heterocycles. The highest BCUT2D eigenvalue weighted by molar-refractivity contribution is 9.10. The molecule has 0 heterocycles. The summed E-state index contributed by atoms with van der Waals surface area (Å²) in [6, 6.07) is 5.75. The van der Waals surface area contributed by atoms with Gasteiger partial charge in [0.25, 0.3) is 0 Å². The fourth-order valence-corrected chi connectivity index (χ4v) is 1.37. The van der Waals surface area contributed by atoms with E-state index in [4.69, 9.17) is 11.6 Å². The number of amides is 1. The van der Waals surface area contributed by atoms with Crippen LogP contribution in [0.2, 0.25) is 0 Å². The monoisotopic (exact) mass is 275 g/mol. The second-order valence-electron chi connectivity index (χ2n) is 3.09. The Morgan fingerprint density at radius 2 is 2.21 bits per heavy atom. The lowest BCUT2D eigenvalue weighted by molar-refractivity contribution is -0.115. The fraction of sp³-hybridized carbons (Fsp3) is 0.300. The Labute approximate surface area is 96.8 Å². The van der Waals surface area contributed by atoms with Gasteiger partial charge < -0.3 is 5.32 Å². The SMILES string of the molecule is Cc1ccc(Br)c(NC(=O)C(C)Cl)c1. The Morgan fingerprint density at radius 1 is 1.57 bits per heavy atom. The van der Waals surface area contributed by atoms with Crippen LogP contribution in [-0.4, -0.2) is 11.3 Å². The van der Waals surface area contributed by atoms with E-state index in [1.54, 1.807) is 6.92 Å². The third-order valence-corrected chi connectivity index (χ3v) is 2.63. The van der Waals surface area contributed by atoms with Crippen molar-refractivity contribution in [3.05, 3.63) is 28.2 Å². The van der Waals surface area contributed by atoms with Crippen LogP contribution in [0, 0.1) is 6.92 Å². The van der Waals surface area contributed by atoms with Crippen LogP contribution in [0.4, 0.5) is 5.69 Å². The number of rotatable bonds is 2. The average Bonchev–Trinajstić information content (AvgIpc) is 2.11. The maximum Gasteiger partial charge on any atom is 0.242 e. The summed E-state index contributed by atoms with van der Waals surface area (Å²) in [7, 11) is 0. The van der Waals surface area contributed by atoms with Gasteiger partial charge in [0.2, 0.25) is 5.91 Å². The molecule has 0 fully saturated rings. The number of halogens is 2. The lowest BCUT2D eigenvalue weighted by atomic mass is 10.2. The van der Waals surface area contributed by atoms with Crippen LogP contribution < -0.4 is 5.32 Å². The first-order valence-corrected chi connectivity index (χ1v) is 5.44. The van der Waals surface area contributed by atoms with Gasteiger partial charge in [0, 0.05) is 4.47 Å². The van der Waals surface area contributed by atoms with Crippen LogP contribution in [-0.2, 0) is 4.79 Å². The van der Waals surface area contributed by atoms with Crippen molar-refractivity contribution in [2.75, 3.05) is 5.32 Å². The Morgan fingerprint density at radius 3 is 2.79 bits per heavy atom. The van der Waals surface area contributed by atoms with Crippen LogP contribution in [0.5, 0.6) is 0 Å². The minimum atomic E-state index is -0.526. The number of aryl methyl sites for hydroxylation is 1. The van der Waals surface area contributed by atoms with Gasteiger partial charge in [-0.05, 0) is 47.5 Å². The minimum Gasteiger partial charge on any atom is -0.324 e. The van der Waals surface area contributed by atoms with Crippen molar-refractivity contribution in [1.29, 1.82) is 0 Å². The second kappa shape index (κ2) is 4.80. The highest BCUT2D eigenvalue weighted by Crippen LogP contribution is 2.23. The van der Waals surface area contributed by atoms with Crippen molar-refractivity contribution in [2.45, 2.75) is 19.2 Å². The predicted octanol–water partition coefficient (Wildman–Crippen LogP) is 3.32. The summed E-state index contributed by atoms with van der Waals surface area (Å²) in [5.41, 5.74) is 1.84. The average molecular weight is 277 g/mol. The summed E-state index contributed by atoms with van der Waals surface area (Å²) in [5, 5.41) is 2.21. The molecule has 0 saturated heterocycles. The topological polar surface area (TPSA) is 29.1 Å². The Bertz CT molecular complexity index is 352. The predicted molar refractivity (Wildman–Crippen MR) is 62.8 cm³/mol. The molecule has 1 rings (SSSR count). The maximum absolute atomic E-state index is 11.3. The van der Waals surface area contributed by atoms with E-state index >= 15 is 0 Å². The minimum absolute atomic E-state index is 0.196. The zero-order chi connectivity index (χ0) is 10.7. The summed E-state index contributed by atoms with van der Waals surface area (Å²) in [6.45, 7) is 3.60. The van der Waals surface area contributed by atoms with E-state index in [9.17, 15) is 4.79 Å². The summed E-state index contributed by atoms with van der Waals surface area (Å²) in [5.74, 6) is -0.196. The molecule has 1 unspecified atom stereocenters. The van der Waals surface area contributed by atoms with Gasteiger partial charge in [-0.25, -0.2) is 0 Å². The van der Waals surface area contributed by atoms with Crippen LogP contribution in [0.3, 0.4) is 0 Å². The van der Waals surface area contributed by atoms with E-state index in [1.165, 1.54) is 0 Å². The number of alkyl halides is 1. The molecule has 1 aromatic rings. The smallest absolute Gasteiger partial charge is 0.242 e. The molecule has 0 spiro atoms. The Balaban J connectivity index is 2.86. The zero-order valence-corrected chi connectivity index (χ0v) is 10.3. The van der Waals surface area contributed by atoms with Crippen LogP contribution in [0.15, 0.2) is 22.7 Å². The first-order valence-electron chi connectivity index (χ1n) is 4.22. The van der Waals surface area contributed by atoms with Crippen LogP contribution >= 0.6 is 27.5 Å². The molecule has 0 saturated carbocycles. The fourth-order valence-electron chi connectivity index (χ4n) is 0.967. The lowest BCUT2D eigenvalue weighted by Crippen LogP contribution is -2.20. The highest BCUT2D eigenvalue weighted by atomic mass is 79.9. The maximum atomic E-state index is 11.3. The van der Waals surface area contributed by atoms with Gasteiger partial charge in [-0.15, -0.1) is 11.6 Å². The van der Waals surface area contributed by atoms with Crippen LogP contribution in [0.1, 0.15) is 12.5 Å². The van der Waals surface area contributed by atoms with Gasteiger partial charge in [0.15, 0.2) is 0 Å². The number of anilines is 1. The van der Waals surface area contributed by atoms with Crippen molar-refractivity contribution in [3.8, 4) is 0 Å². The number of carbonyl (C=O) groups is 1. The van der Waals surface area contributed by atoms with E-state index in [0.717, 1.165) is 15.7 Å². The normalized spacial score (nSPS) is 12.3. The molecule has 1 amide bonds. The number of hydrogen-bond acceptors (Lipinski definition) is 1. The number of benzene rings is 1. The number of hydrogen-bond donors (Lipinski definition) is 1. The van der Waals surface area contributed by atoms with Gasteiger partial charge in [-0.1, -0.05) is 6.07 Å². The number of carbonyl (C=O) groups excluding carboxylic acids is 1. The van der Waals surface area contributed by atoms with Crippen molar-refractivity contribution < 1.29 is 4.79 Å². The van der Waals surface area contributed by atoms with E-state index in [2.05, 4.69) is 21.2 Å². The van der Waals surface area contributed by atoms with E-state index in [0.29, 0.717) is 0 Å². The molecule has 1 aromatic carbocycles. The molecule has 14 heavy (non-hydrogen) atoms. The van der Waals surface area contributed by atoms with E-state index < -0.39 is 5.38 Å². The third kappa shape index (κ3) is 3.00. The Hall–Kier alpha value is -0.540. The van der Waals surface area contributed by atoms with Crippen LogP contribution in [0.25, 0.3) is 0 Å². The molecule has 0 aromatic heterocycles. The second-order valence-corrected chi connectivity index (χ2v) is 4.60. The highest BCUT2D eigenvalue weighted by Gasteiger charge is 2.10. The standard InChI is InChI=1S/C10H11BrClNO/c1-6-3-4-8(11)9(5-6)13-10(14)7(2)12/h3-5,7H,1-2H3,(H,13,14). The van der Waals surface area contributed by atoms with Crippen molar-refractivity contribution in [2.24, 2.45) is 0 Å². The summed E-state index contributed by atoms with van der Waals surface area (Å²) >= 11 is 8.99. The molecule has 1 N–H and O–H groups in total. The van der Waals surface area contributed by atoms with Gasteiger partial charge in [0.05, 0.1) is 5.69 Å². The quantitative estimate of drug-likeness (QED) is 0.825. The van der Waals surface area contributed by atoms with Gasteiger partial charge in [-0.3, -0.25) is 4.79 Å². The molecular weight excluding hydrogens is 265 g/mol. The first-order chi connectivity index (χ1) is 6.50. The van der Waals surface area contributed by atoms with E-state index in [-0.39, 0.29) is 5.91 Å². The van der Waals surface area contributed by atoms with Gasteiger partial charge >= 0.3 is 0 Å². The van der Waals surface area contributed by atoms with Gasteiger partial charge in [0.1, 0.15) is 5.38 Å². The molecular formula is C10H11BrClNO. The molecule has 0 aliphatic carbocycles. The summed E-state index contributed by atoms with van der Waals surface area (Å²) < 4.78 is 0.855. The molecule has 0 bridgehead atoms. The first kappa shape index (κ1) is 11.5. The molecule has 0 aliphatic rings. The molecule has 1 atom stereocenters. The summed E-state index contributed by atoms with van der Waals surface area (Å²) in [4.78, 5) is 11.3. The largest absolute Gasteiger partial charge is 0.324 e. The van der Waals surface area contributed by atoms with Crippen molar-refractivity contribution in [3.63, 3.8) is 0 Å². The third-order valence-electron chi connectivity index (χ3n) is 1.74. The van der Waals surface area contributed by atoms with Crippen molar-refractivity contribution in [1.82, 2.24) is 0 Å². The molecule has 2 nitrogen and oxygen atoms in total. The Kier molecular flexibility index (Phi) is 3.96. The molecule has 76 valence electrons. The summed E-state index contributed by atoms with van der Waals surface area (Å²) in [6.07, 6.45) is 0. The lowest BCUT2D eigenvalue weighted by Gasteiger charge is -2.09. The van der Waals surface area contributed by atoms with E-state index in [1.807, 2.05) is 25.1 Å². The zero-order valence-electron chi connectivity index (χ0n) is 7.97. The van der Waals surface area contributed by atoms with Crippen molar-refractivity contribution >= 4 is 39.1 Å². The molecule has 0 radical (unpaired) electrons.